The van der Waals surface area contributed by atoms with Crippen LogP contribution in [0.25, 0.3) is 5.76 Å². The first-order chi connectivity index (χ1) is 16.7. The molecule has 0 radical (unpaired) electrons. The smallest absolute Gasteiger partial charge is 0.335 e. The quantitative estimate of drug-likeness (QED) is 0.180. The summed E-state index contributed by atoms with van der Waals surface area (Å²) in [7, 11) is 1.48. The molecule has 2 N–H and O–H groups in total. The molecule has 0 aliphatic carbocycles. The van der Waals surface area contributed by atoms with Crippen LogP contribution in [0.5, 0.6) is 5.75 Å². The lowest BCUT2D eigenvalue weighted by Gasteiger charge is -2.25. The maximum Gasteiger partial charge on any atom is 0.335 e. The number of aliphatic hydroxyl groups excluding tert-OH is 1. The van der Waals surface area contributed by atoms with E-state index >= 15 is 0 Å². The predicted molar refractivity (Wildman–Crippen MR) is 124 cm³/mol. The normalized spacial score (nSPS) is 16.8. The van der Waals surface area contributed by atoms with E-state index in [1.54, 1.807) is 12.1 Å². The van der Waals surface area contributed by atoms with E-state index in [0.29, 0.717) is 11.3 Å². The number of Topliss-reactive ketones (excluding diaryl/α,β-unsaturated/α-hetero) is 1. The van der Waals surface area contributed by atoms with E-state index in [1.165, 1.54) is 67.8 Å². The molecule has 3 aromatic carbocycles. The molecule has 4 rings (SSSR count). The monoisotopic (exact) mass is 474 g/mol. The van der Waals surface area contributed by atoms with E-state index in [2.05, 4.69) is 0 Å². The molecule has 176 valence electrons. The number of carboxylic acid groups (broad SMARTS) is 1. The number of aliphatic hydroxyl groups is 1. The van der Waals surface area contributed by atoms with Gasteiger partial charge in [0.05, 0.1) is 29.2 Å². The topological polar surface area (TPSA) is 147 Å². The van der Waals surface area contributed by atoms with Gasteiger partial charge in [-0.2, -0.15) is 0 Å². The van der Waals surface area contributed by atoms with Gasteiger partial charge in [-0.1, -0.05) is 0 Å². The molecular formula is C25H18N2O8. The highest BCUT2D eigenvalue weighted by Crippen LogP contribution is 2.42. The van der Waals surface area contributed by atoms with Crippen LogP contribution in [0.1, 0.15) is 27.5 Å². The summed E-state index contributed by atoms with van der Waals surface area (Å²) in [5.41, 5.74) is 0.400. The Hall–Kier alpha value is -4.99. The van der Waals surface area contributed by atoms with Crippen LogP contribution in [0.15, 0.2) is 78.4 Å². The lowest BCUT2D eigenvalue weighted by molar-refractivity contribution is -0.384. The summed E-state index contributed by atoms with van der Waals surface area (Å²) in [5.74, 6) is -2.97. The molecule has 1 aliphatic heterocycles. The molecule has 1 unspecified atom stereocenters. The molecule has 10 nitrogen and oxygen atoms in total. The number of methoxy groups -OCH3 is 1. The van der Waals surface area contributed by atoms with Crippen LogP contribution >= 0.6 is 0 Å². The number of ether oxygens (including phenoxy) is 1. The third-order valence-corrected chi connectivity index (χ3v) is 5.62. The molecule has 1 aliphatic rings. The molecule has 1 amide bonds. The number of nitrogens with zero attached hydrogens (tertiary/aromatic N) is 2. The van der Waals surface area contributed by atoms with Crippen molar-refractivity contribution < 1.29 is 34.3 Å². The van der Waals surface area contributed by atoms with Crippen molar-refractivity contribution in [2.24, 2.45) is 0 Å². The second-order valence-electron chi connectivity index (χ2n) is 7.60. The third-order valence-electron chi connectivity index (χ3n) is 5.62. The molecule has 1 fully saturated rings. The zero-order valence-corrected chi connectivity index (χ0v) is 18.2. The largest absolute Gasteiger partial charge is 0.507 e. The third kappa shape index (κ3) is 4.20. The van der Waals surface area contributed by atoms with Gasteiger partial charge in [-0.25, -0.2) is 4.79 Å². The van der Waals surface area contributed by atoms with Gasteiger partial charge in [0, 0.05) is 23.4 Å². The average molecular weight is 474 g/mol. The van der Waals surface area contributed by atoms with E-state index in [9.17, 15) is 34.7 Å². The first-order valence-corrected chi connectivity index (χ1v) is 10.3. The molecular weight excluding hydrogens is 456 g/mol. The maximum absolute atomic E-state index is 13.1. The molecule has 10 heteroatoms. The van der Waals surface area contributed by atoms with Crippen molar-refractivity contribution in [3.8, 4) is 5.75 Å². The Morgan fingerprint density at radius 1 is 0.914 bits per heavy atom. The van der Waals surface area contributed by atoms with E-state index in [0.717, 1.165) is 4.90 Å². The summed E-state index contributed by atoms with van der Waals surface area (Å²) >= 11 is 0. The van der Waals surface area contributed by atoms with Gasteiger partial charge in [-0.15, -0.1) is 0 Å². The fraction of sp³-hybridized carbons (Fsp3) is 0.0800. The van der Waals surface area contributed by atoms with Gasteiger partial charge in [0.25, 0.3) is 17.4 Å². The number of anilines is 1. The molecule has 1 atom stereocenters. The zero-order chi connectivity index (χ0) is 25.3. The maximum atomic E-state index is 13.1. The van der Waals surface area contributed by atoms with Gasteiger partial charge in [0.2, 0.25) is 0 Å². The number of nitro groups is 1. The van der Waals surface area contributed by atoms with Crippen LogP contribution in [0.4, 0.5) is 11.4 Å². The van der Waals surface area contributed by atoms with Crippen molar-refractivity contribution in [3.05, 3.63) is 105 Å². The number of hydrogen-bond donors (Lipinski definition) is 2. The van der Waals surface area contributed by atoms with Crippen molar-refractivity contribution in [2.75, 3.05) is 12.0 Å². The lowest BCUT2D eigenvalue weighted by Crippen LogP contribution is -2.29. The Kier molecular flexibility index (Phi) is 6.03. The summed E-state index contributed by atoms with van der Waals surface area (Å²) in [6.07, 6.45) is 0. The number of ketones is 1. The predicted octanol–water partition coefficient (Wildman–Crippen LogP) is 3.93. The van der Waals surface area contributed by atoms with Crippen LogP contribution in [0.3, 0.4) is 0 Å². The molecule has 1 saturated heterocycles. The van der Waals surface area contributed by atoms with Gasteiger partial charge >= 0.3 is 5.97 Å². The number of aromatic carboxylic acids is 1. The second-order valence-corrected chi connectivity index (χ2v) is 7.60. The summed E-state index contributed by atoms with van der Waals surface area (Å²) in [5, 5.41) is 31.4. The summed E-state index contributed by atoms with van der Waals surface area (Å²) in [6, 6.07) is 15.7. The molecule has 0 aromatic heterocycles. The first-order valence-electron chi connectivity index (χ1n) is 10.3. The van der Waals surface area contributed by atoms with Crippen molar-refractivity contribution in [3.63, 3.8) is 0 Å². The van der Waals surface area contributed by atoms with E-state index in [4.69, 9.17) is 4.74 Å². The first kappa shape index (κ1) is 23.2. The summed E-state index contributed by atoms with van der Waals surface area (Å²) < 4.78 is 5.11. The van der Waals surface area contributed by atoms with E-state index in [-0.39, 0.29) is 28.1 Å². The van der Waals surface area contributed by atoms with Gasteiger partial charge in [0.15, 0.2) is 0 Å². The summed E-state index contributed by atoms with van der Waals surface area (Å²) in [4.78, 5) is 49.1. The minimum atomic E-state index is -1.16. The van der Waals surface area contributed by atoms with Crippen LogP contribution in [-0.4, -0.2) is 39.9 Å². The highest BCUT2D eigenvalue weighted by Gasteiger charge is 2.47. The average Bonchev–Trinajstić information content (AvgIpc) is 3.14. The van der Waals surface area contributed by atoms with E-state index < -0.39 is 34.4 Å². The molecule has 0 bridgehead atoms. The van der Waals surface area contributed by atoms with Crippen LogP contribution < -0.4 is 9.64 Å². The number of amides is 1. The van der Waals surface area contributed by atoms with Crippen LogP contribution in [-0.2, 0) is 9.59 Å². The van der Waals surface area contributed by atoms with E-state index in [1.807, 2.05) is 0 Å². The number of carbonyl (C=O) groups excluding carboxylic acids is 2. The van der Waals surface area contributed by atoms with Gasteiger partial charge in [-0.05, 0) is 66.2 Å². The number of nitro benzene ring substituents is 1. The molecule has 0 spiro atoms. The highest BCUT2D eigenvalue weighted by atomic mass is 16.6. The lowest BCUT2D eigenvalue weighted by atomic mass is 9.95. The SMILES string of the molecule is COc1ccc(C(O)=C2C(=O)C(=O)N(c3ccc(C(=O)O)cc3)C2c2ccc([N+](=O)[O-])cc2)cc1. The Morgan fingerprint density at radius 3 is 2.00 bits per heavy atom. The van der Waals surface area contributed by atoms with Crippen LogP contribution in [0.2, 0.25) is 0 Å². The highest BCUT2D eigenvalue weighted by molar-refractivity contribution is 6.51. The number of rotatable bonds is 6. The fourth-order valence-electron chi connectivity index (χ4n) is 3.86. The minimum absolute atomic E-state index is 0.0181. The number of non-ortho nitro benzene ring substituents is 1. The van der Waals surface area contributed by atoms with Gasteiger partial charge < -0.3 is 14.9 Å². The standard InChI is InChI=1S/C25H18N2O8/c1-35-19-12-6-15(7-13-19)22(28)20-21(14-2-10-18(11-3-14)27(33)34)26(24(30)23(20)29)17-8-4-16(5-9-17)25(31)32/h2-13,21,28H,1H3,(H,31,32). The van der Waals surface area contributed by atoms with Crippen molar-refractivity contribution in [1.29, 1.82) is 0 Å². The minimum Gasteiger partial charge on any atom is -0.507 e. The number of hydrogen-bond acceptors (Lipinski definition) is 7. The number of carbonyl (C=O) groups is 3. The van der Waals surface area contributed by atoms with Crippen LogP contribution in [0, 0.1) is 10.1 Å². The number of carboxylic acids is 1. The Bertz CT molecular complexity index is 1360. The molecule has 3 aromatic rings. The van der Waals surface area contributed by atoms with Crippen molar-refractivity contribution in [1.82, 2.24) is 0 Å². The molecule has 35 heavy (non-hydrogen) atoms. The fourth-order valence-corrected chi connectivity index (χ4v) is 3.86. The van der Waals surface area contributed by atoms with Gasteiger partial charge in [0.1, 0.15) is 11.5 Å². The Balaban J connectivity index is 1.90. The summed E-state index contributed by atoms with van der Waals surface area (Å²) in [6.45, 7) is 0. The number of benzene rings is 3. The Labute approximate surface area is 198 Å². The molecule has 1 heterocycles. The molecule has 0 saturated carbocycles. The second kappa shape index (κ2) is 9.10. The Morgan fingerprint density at radius 2 is 1.49 bits per heavy atom. The zero-order valence-electron chi connectivity index (χ0n) is 18.2. The van der Waals surface area contributed by atoms with Crippen molar-refractivity contribution in [2.45, 2.75) is 6.04 Å². The van der Waals surface area contributed by atoms with Gasteiger partial charge in [-0.3, -0.25) is 24.6 Å². The van der Waals surface area contributed by atoms with Crippen molar-refractivity contribution >= 4 is 34.8 Å².